The van der Waals surface area contributed by atoms with Crippen molar-refractivity contribution in [1.82, 2.24) is 4.98 Å². The lowest BCUT2D eigenvalue weighted by molar-refractivity contribution is 0.400. The number of ether oxygens (including phenoxy) is 1. The quantitative estimate of drug-likeness (QED) is 0.247. The number of nitrogens with zero attached hydrogens (tertiary/aromatic N) is 1. The summed E-state index contributed by atoms with van der Waals surface area (Å²) in [7, 11) is 0. The normalized spacial score (nSPS) is 13.5. The minimum Gasteiger partial charge on any atom is -0.464 e. The van der Waals surface area contributed by atoms with Crippen LogP contribution in [0.5, 0.6) is 11.5 Å². The second-order valence-electron chi connectivity index (χ2n) is 12.1. The number of pyridine rings is 1. The van der Waals surface area contributed by atoms with Crippen LogP contribution in [-0.2, 0) is 12.8 Å². The fraction of sp³-hybridized carbons (Fsp3) is 0.323. The maximum absolute atomic E-state index is 6.82. The van der Waals surface area contributed by atoms with Crippen LogP contribution in [0.4, 0.5) is 0 Å². The van der Waals surface area contributed by atoms with Crippen LogP contribution in [0.1, 0.15) is 52.7 Å². The van der Waals surface area contributed by atoms with E-state index in [1.54, 1.807) is 6.26 Å². The predicted molar refractivity (Wildman–Crippen MR) is 141 cm³/mol. The van der Waals surface area contributed by atoms with Gasteiger partial charge in [-0.1, -0.05) is 59.7 Å². The summed E-state index contributed by atoms with van der Waals surface area (Å²) in [5, 5.41) is 5.92. The van der Waals surface area contributed by atoms with Gasteiger partial charge in [0.15, 0.2) is 0 Å². The lowest BCUT2D eigenvalue weighted by Crippen LogP contribution is -2.12. The van der Waals surface area contributed by atoms with E-state index in [1.807, 2.05) is 6.20 Å². The summed E-state index contributed by atoms with van der Waals surface area (Å²) >= 11 is 0. The van der Waals surface area contributed by atoms with Crippen LogP contribution in [-0.4, -0.2) is 4.98 Å². The second-order valence-corrected chi connectivity index (χ2v) is 12.1. The Morgan fingerprint density at radius 3 is 2.35 bits per heavy atom. The Bertz CT molecular complexity index is 1590. The second kappa shape index (κ2) is 7.09. The maximum Gasteiger partial charge on any atom is 0.140 e. The van der Waals surface area contributed by atoms with Crippen molar-refractivity contribution >= 4 is 32.5 Å². The van der Waals surface area contributed by atoms with Crippen LogP contribution in [0.25, 0.3) is 43.8 Å². The molecule has 3 aromatic carbocycles. The summed E-state index contributed by atoms with van der Waals surface area (Å²) < 4.78 is 12.7. The number of aromatic nitrogens is 1. The van der Waals surface area contributed by atoms with Gasteiger partial charge in [0.1, 0.15) is 17.1 Å². The van der Waals surface area contributed by atoms with Crippen molar-refractivity contribution in [3.8, 4) is 22.8 Å². The molecule has 0 fully saturated rings. The third-order valence-corrected chi connectivity index (χ3v) is 6.67. The highest BCUT2D eigenvalue weighted by Gasteiger charge is 2.29. The number of hydrogen-bond acceptors (Lipinski definition) is 3. The number of benzene rings is 3. The largest absolute Gasteiger partial charge is 0.464 e. The molecule has 1 aliphatic heterocycles. The van der Waals surface area contributed by atoms with Crippen molar-refractivity contribution < 1.29 is 9.15 Å². The van der Waals surface area contributed by atoms with Crippen molar-refractivity contribution in [3.05, 3.63) is 66.1 Å². The highest BCUT2D eigenvalue weighted by molar-refractivity contribution is 6.16. The number of furan rings is 1. The van der Waals surface area contributed by atoms with Gasteiger partial charge in [-0.05, 0) is 69.7 Å². The molecule has 0 aliphatic carbocycles. The molecular weight excluding hydrogens is 418 g/mol. The van der Waals surface area contributed by atoms with Gasteiger partial charge in [0.05, 0.1) is 17.3 Å². The molecular formula is C31H31NO2. The Labute approximate surface area is 200 Å². The van der Waals surface area contributed by atoms with Gasteiger partial charge < -0.3 is 9.15 Å². The Morgan fingerprint density at radius 1 is 0.794 bits per heavy atom. The number of fused-ring (bicyclic) bond motifs is 5. The summed E-state index contributed by atoms with van der Waals surface area (Å²) in [5.41, 5.74) is 5.74. The molecule has 2 aromatic heterocycles. The average Bonchev–Trinajstić information content (AvgIpc) is 3.22. The molecule has 0 unspecified atom stereocenters. The lowest BCUT2D eigenvalue weighted by atomic mass is 9.83. The topological polar surface area (TPSA) is 35.3 Å². The highest BCUT2D eigenvalue weighted by atomic mass is 16.5. The van der Waals surface area contributed by atoms with Gasteiger partial charge in [0.2, 0.25) is 0 Å². The molecule has 1 aliphatic rings. The number of hydrogen-bond donors (Lipinski definition) is 0. The molecule has 3 nitrogen and oxygen atoms in total. The van der Waals surface area contributed by atoms with Crippen LogP contribution >= 0.6 is 0 Å². The summed E-state index contributed by atoms with van der Waals surface area (Å²) in [4.78, 5) is 4.87. The summed E-state index contributed by atoms with van der Waals surface area (Å²) in [5.74, 6) is 1.82. The molecule has 0 radical (unpaired) electrons. The van der Waals surface area contributed by atoms with Crippen molar-refractivity contribution in [3.63, 3.8) is 0 Å². The molecule has 0 saturated carbocycles. The van der Waals surface area contributed by atoms with Crippen LogP contribution in [0, 0.1) is 10.8 Å². The molecule has 3 heterocycles. The summed E-state index contributed by atoms with van der Waals surface area (Å²) in [6.45, 7) is 13.7. The van der Waals surface area contributed by atoms with Gasteiger partial charge in [-0.3, -0.25) is 4.98 Å². The third-order valence-electron chi connectivity index (χ3n) is 6.67. The van der Waals surface area contributed by atoms with Gasteiger partial charge in [-0.2, -0.15) is 0 Å². The SMILES string of the molecule is CC(C)(C)Cc1c2c(cc3occc13)-c1nccc3c1c(cc1c(CC(C)(C)C)cccc13)O2. The molecule has 0 saturated heterocycles. The van der Waals surface area contributed by atoms with E-state index in [0.29, 0.717) is 0 Å². The predicted octanol–water partition coefficient (Wildman–Crippen LogP) is 9.08. The minimum absolute atomic E-state index is 0.103. The van der Waals surface area contributed by atoms with E-state index in [1.165, 1.54) is 27.3 Å². The first-order valence-corrected chi connectivity index (χ1v) is 12.1. The first kappa shape index (κ1) is 21.2. The van der Waals surface area contributed by atoms with E-state index in [-0.39, 0.29) is 10.8 Å². The smallest absolute Gasteiger partial charge is 0.140 e. The molecule has 0 N–H and O–H groups in total. The van der Waals surface area contributed by atoms with Crippen molar-refractivity contribution in [2.75, 3.05) is 0 Å². The van der Waals surface area contributed by atoms with Gasteiger partial charge in [-0.15, -0.1) is 0 Å². The summed E-state index contributed by atoms with van der Waals surface area (Å²) in [6, 6.07) is 15.2. The Morgan fingerprint density at radius 2 is 1.59 bits per heavy atom. The van der Waals surface area contributed by atoms with E-state index in [0.717, 1.165) is 52.0 Å². The first-order chi connectivity index (χ1) is 16.1. The average molecular weight is 450 g/mol. The lowest BCUT2D eigenvalue weighted by Gasteiger charge is -2.27. The molecule has 3 heteroatoms. The zero-order valence-electron chi connectivity index (χ0n) is 20.9. The molecule has 6 rings (SSSR count). The molecule has 0 amide bonds. The van der Waals surface area contributed by atoms with Gasteiger partial charge >= 0.3 is 0 Å². The zero-order chi connectivity index (χ0) is 23.8. The van der Waals surface area contributed by atoms with Crippen LogP contribution < -0.4 is 4.74 Å². The highest BCUT2D eigenvalue weighted by Crippen LogP contribution is 2.52. The van der Waals surface area contributed by atoms with Gasteiger partial charge in [-0.25, -0.2) is 0 Å². The summed E-state index contributed by atoms with van der Waals surface area (Å²) in [6.07, 6.45) is 5.60. The fourth-order valence-electron chi connectivity index (χ4n) is 5.44. The van der Waals surface area contributed by atoms with E-state index in [2.05, 4.69) is 84.0 Å². The van der Waals surface area contributed by atoms with Gasteiger partial charge in [0.25, 0.3) is 0 Å². The van der Waals surface area contributed by atoms with E-state index in [9.17, 15) is 0 Å². The minimum atomic E-state index is 0.103. The van der Waals surface area contributed by atoms with Crippen molar-refractivity contribution in [2.24, 2.45) is 10.8 Å². The van der Waals surface area contributed by atoms with E-state index in [4.69, 9.17) is 14.1 Å². The third kappa shape index (κ3) is 3.37. The van der Waals surface area contributed by atoms with Crippen molar-refractivity contribution in [1.29, 1.82) is 0 Å². The molecule has 5 aromatic rings. The molecule has 172 valence electrons. The molecule has 0 spiro atoms. The molecule has 34 heavy (non-hydrogen) atoms. The number of rotatable bonds is 2. The van der Waals surface area contributed by atoms with Crippen molar-refractivity contribution in [2.45, 2.75) is 54.4 Å². The van der Waals surface area contributed by atoms with Crippen LogP contribution in [0.15, 0.2) is 59.3 Å². The molecule has 0 bridgehead atoms. The standard InChI is InChI=1S/C31H31NO2/c1-30(2,3)16-18-8-7-9-19-21-10-12-32-28-23-15-25-20(11-13-33-25)24(17-31(4,5)6)29(23)34-26(27(21)28)14-22(18)19/h7-15H,16-17H2,1-6H3. The molecule has 0 atom stereocenters. The van der Waals surface area contributed by atoms with Gasteiger partial charge in [0, 0.05) is 22.7 Å². The fourth-order valence-corrected chi connectivity index (χ4v) is 5.44. The monoisotopic (exact) mass is 449 g/mol. The maximum atomic E-state index is 6.82. The van der Waals surface area contributed by atoms with Crippen LogP contribution in [0.2, 0.25) is 0 Å². The Kier molecular flexibility index (Phi) is 4.42. The Hall–Kier alpha value is -3.33. The van der Waals surface area contributed by atoms with Crippen LogP contribution in [0.3, 0.4) is 0 Å². The zero-order valence-corrected chi connectivity index (χ0v) is 20.9. The van der Waals surface area contributed by atoms with E-state index >= 15 is 0 Å². The van der Waals surface area contributed by atoms with E-state index < -0.39 is 0 Å². The first-order valence-electron chi connectivity index (χ1n) is 12.1. The Balaban J connectivity index is 1.68.